The second kappa shape index (κ2) is 15.5. The third-order valence-electron chi connectivity index (χ3n) is 9.60. The molecule has 4 aromatic rings. The molecule has 0 aliphatic carbocycles. The fourth-order valence-electron chi connectivity index (χ4n) is 7.36. The van der Waals surface area contributed by atoms with E-state index >= 15 is 0 Å². The Balaban J connectivity index is 0.00000119. The Bertz CT molecular complexity index is 2080. The van der Waals surface area contributed by atoms with Gasteiger partial charge in [-0.2, -0.15) is 0 Å². The number of aliphatic carboxylic acids is 1. The smallest absolute Gasteiger partial charge is 0.410 e. The van der Waals surface area contributed by atoms with Crippen LogP contribution in [-0.2, 0) is 14.3 Å². The SMILES string of the molecule is CC(=O)O.CC(C)(C)OC(=O)N1CCC[C@H]1C1=NC=C(c2ccc(-c3ccc(-c4cnc([C@@H]5CCCN5C(=O)OC(C)(C)C)[nH]4)c4ccccc34)cc2)C1. The number of amides is 2. The Labute approximate surface area is 317 Å². The molecule has 2 atom stereocenters. The van der Waals surface area contributed by atoms with Crippen molar-refractivity contribution >= 4 is 40.2 Å². The van der Waals surface area contributed by atoms with Gasteiger partial charge in [0.1, 0.15) is 17.0 Å². The molecular formula is C43H51N5O6. The predicted octanol–water partition coefficient (Wildman–Crippen LogP) is 9.64. The van der Waals surface area contributed by atoms with Crippen molar-refractivity contribution < 1.29 is 29.0 Å². The van der Waals surface area contributed by atoms with E-state index in [0.717, 1.165) is 94.9 Å². The molecule has 0 radical (unpaired) electrons. The van der Waals surface area contributed by atoms with Crippen LogP contribution in [-0.4, -0.2) is 79.1 Å². The minimum absolute atomic E-state index is 0.0178. The van der Waals surface area contributed by atoms with Crippen molar-refractivity contribution in [1.29, 1.82) is 0 Å². The number of ether oxygens (including phenoxy) is 2. The average Bonchev–Trinajstić information content (AvgIpc) is 3.92. The molecule has 7 rings (SSSR count). The van der Waals surface area contributed by atoms with Gasteiger partial charge in [-0.1, -0.05) is 60.7 Å². The molecule has 284 valence electrons. The quantitative estimate of drug-likeness (QED) is 0.208. The van der Waals surface area contributed by atoms with Crippen LogP contribution in [0, 0.1) is 0 Å². The third-order valence-corrected chi connectivity index (χ3v) is 9.60. The number of hydrogen-bond acceptors (Lipinski definition) is 7. The zero-order valence-electron chi connectivity index (χ0n) is 32.3. The molecule has 2 fully saturated rings. The number of likely N-dealkylation sites (tertiary alicyclic amines) is 2. The number of allylic oxidation sites excluding steroid dienone is 1. The van der Waals surface area contributed by atoms with Gasteiger partial charge < -0.3 is 19.6 Å². The van der Waals surface area contributed by atoms with Crippen LogP contribution in [0.15, 0.2) is 78.1 Å². The van der Waals surface area contributed by atoms with Crippen molar-refractivity contribution in [2.45, 2.75) is 104 Å². The molecule has 3 aromatic carbocycles. The number of carbonyl (C=O) groups excluding carboxylic acids is 2. The second-order valence-corrected chi connectivity index (χ2v) is 16.1. The highest BCUT2D eigenvalue weighted by Gasteiger charge is 2.37. The zero-order valence-corrected chi connectivity index (χ0v) is 32.3. The summed E-state index contributed by atoms with van der Waals surface area (Å²) in [6.07, 6.45) is 7.62. The van der Waals surface area contributed by atoms with Crippen LogP contribution in [0.2, 0.25) is 0 Å². The van der Waals surface area contributed by atoms with Gasteiger partial charge in [0, 0.05) is 43.9 Å². The van der Waals surface area contributed by atoms with Crippen molar-refractivity contribution in [2.75, 3.05) is 13.1 Å². The molecule has 0 bridgehead atoms. The Morgan fingerprint density at radius 2 is 1.28 bits per heavy atom. The van der Waals surface area contributed by atoms with Crippen LogP contribution in [0.3, 0.4) is 0 Å². The molecule has 3 aliphatic heterocycles. The molecular weight excluding hydrogens is 683 g/mol. The first-order valence-electron chi connectivity index (χ1n) is 18.7. The van der Waals surface area contributed by atoms with Crippen LogP contribution in [0.4, 0.5) is 9.59 Å². The van der Waals surface area contributed by atoms with Gasteiger partial charge in [-0.05, 0) is 100 Å². The number of benzene rings is 3. The molecule has 2 N–H and O–H groups in total. The largest absolute Gasteiger partial charge is 0.481 e. The molecule has 3 aliphatic rings. The molecule has 1 aromatic heterocycles. The first kappa shape index (κ1) is 38.3. The van der Waals surface area contributed by atoms with E-state index in [0.29, 0.717) is 13.1 Å². The molecule has 4 heterocycles. The summed E-state index contributed by atoms with van der Waals surface area (Å²) < 4.78 is 11.4. The van der Waals surface area contributed by atoms with Gasteiger partial charge in [0.15, 0.2) is 0 Å². The van der Waals surface area contributed by atoms with Crippen molar-refractivity contribution in [3.8, 4) is 22.4 Å². The summed E-state index contributed by atoms with van der Waals surface area (Å²) >= 11 is 0. The fraction of sp³-hybridized carbons (Fsp3) is 0.419. The number of carboxylic acids is 1. The standard InChI is InChI=1S/C41H47N5O4.C2H4O2/c1-40(2,3)49-38(47)45-21-9-13-35(45)33-23-28(24-42-33)26-15-17-27(18-16-26)29-19-20-32(31-12-8-7-11-30(29)31)34-25-43-37(44-34)36-14-10-22-46(36)39(48)50-41(4,5)6;1-2(3)4/h7-8,11-12,15-20,24-25,35-36H,9-10,13-14,21-23H2,1-6H3,(H,43,44);1H3,(H,3,4)/t35-,36-;/m0./s1. The summed E-state index contributed by atoms with van der Waals surface area (Å²) in [5.74, 6) is -0.0501. The Hall–Kier alpha value is -5.45. The van der Waals surface area contributed by atoms with Gasteiger partial charge in [-0.25, -0.2) is 14.6 Å². The van der Waals surface area contributed by atoms with Crippen molar-refractivity contribution in [2.24, 2.45) is 4.99 Å². The molecule has 11 nitrogen and oxygen atoms in total. The number of nitrogens with one attached hydrogen (secondary N) is 1. The summed E-state index contributed by atoms with van der Waals surface area (Å²) in [6, 6.07) is 21.3. The van der Waals surface area contributed by atoms with Crippen molar-refractivity contribution in [1.82, 2.24) is 19.8 Å². The van der Waals surface area contributed by atoms with E-state index in [1.54, 1.807) is 4.90 Å². The number of rotatable bonds is 5. The van der Waals surface area contributed by atoms with Crippen LogP contribution in [0.5, 0.6) is 0 Å². The van der Waals surface area contributed by atoms with E-state index in [-0.39, 0.29) is 24.3 Å². The van der Waals surface area contributed by atoms with E-state index in [4.69, 9.17) is 29.4 Å². The van der Waals surface area contributed by atoms with E-state index in [1.807, 2.05) is 58.8 Å². The van der Waals surface area contributed by atoms with Gasteiger partial charge >= 0.3 is 12.2 Å². The van der Waals surface area contributed by atoms with E-state index in [2.05, 4.69) is 65.6 Å². The molecule has 2 saturated heterocycles. The highest BCUT2D eigenvalue weighted by Crippen LogP contribution is 2.38. The number of imidazole rings is 1. The van der Waals surface area contributed by atoms with Crippen molar-refractivity contribution in [3.63, 3.8) is 0 Å². The number of fused-ring (bicyclic) bond motifs is 1. The third kappa shape index (κ3) is 8.84. The summed E-state index contributed by atoms with van der Waals surface area (Å²) in [5, 5.41) is 9.70. The lowest BCUT2D eigenvalue weighted by atomic mass is 9.92. The molecule has 11 heteroatoms. The van der Waals surface area contributed by atoms with Crippen molar-refractivity contribution in [3.05, 3.63) is 84.4 Å². The number of hydrogen-bond donors (Lipinski definition) is 2. The topological polar surface area (TPSA) is 137 Å². The predicted molar refractivity (Wildman–Crippen MR) is 211 cm³/mol. The molecule has 2 amide bonds. The van der Waals surface area contributed by atoms with Gasteiger partial charge in [0.05, 0.1) is 24.0 Å². The normalized spacial score (nSPS) is 18.6. The number of carbonyl (C=O) groups is 3. The van der Waals surface area contributed by atoms with Crippen LogP contribution in [0.25, 0.3) is 38.7 Å². The van der Waals surface area contributed by atoms with E-state index < -0.39 is 17.2 Å². The Morgan fingerprint density at radius 3 is 1.87 bits per heavy atom. The molecule has 0 unspecified atom stereocenters. The summed E-state index contributed by atoms with van der Waals surface area (Å²) in [6.45, 7) is 13.8. The monoisotopic (exact) mass is 733 g/mol. The highest BCUT2D eigenvalue weighted by molar-refractivity contribution is 6.05. The lowest BCUT2D eigenvalue weighted by molar-refractivity contribution is -0.134. The van der Waals surface area contributed by atoms with Crippen LogP contribution in [0.1, 0.15) is 98.0 Å². The molecule has 0 saturated carbocycles. The Kier molecular flexibility index (Phi) is 11.0. The minimum atomic E-state index is -0.833. The van der Waals surface area contributed by atoms with Crippen LogP contribution >= 0.6 is 0 Å². The van der Waals surface area contributed by atoms with Crippen LogP contribution < -0.4 is 0 Å². The average molecular weight is 734 g/mol. The fourth-order valence-corrected chi connectivity index (χ4v) is 7.36. The second-order valence-electron chi connectivity index (χ2n) is 16.1. The van der Waals surface area contributed by atoms with Gasteiger partial charge in [0.25, 0.3) is 5.97 Å². The first-order chi connectivity index (χ1) is 25.6. The number of carboxylic acid groups (broad SMARTS) is 1. The lowest BCUT2D eigenvalue weighted by Crippen LogP contribution is -2.43. The summed E-state index contributed by atoms with van der Waals surface area (Å²) in [5.41, 5.74) is 6.52. The summed E-state index contributed by atoms with van der Waals surface area (Å²) in [7, 11) is 0. The van der Waals surface area contributed by atoms with Gasteiger partial charge in [0.2, 0.25) is 0 Å². The first-order valence-corrected chi connectivity index (χ1v) is 18.7. The highest BCUT2D eigenvalue weighted by atomic mass is 16.6. The maximum absolute atomic E-state index is 12.9. The van der Waals surface area contributed by atoms with E-state index in [1.165, 1.54) is 0 Å². The van der Waals surface area contributed by atoms with E-state index in [9.17, 15) is 9.59 Å². The number of aliphatic imine (C=N–C) groups is 1. The zero-order chi connectivity index (χ0) is 38.8. The molecule has 54 heavy (non-hydrogen) atoms. The minimum Gasteiger partial charge on any atom is -0.481 e. The number of aromatic amines is 1. The lowest BCUT2D eigenvalue weighted by Gasteiger charge is -2.28. The number of aromatic nitrogens is 2. The molecule has 0 spiro atoms. The maximum Gasteiger partial charge on any atom is 0.410 e. The van der Waals surface area contributed by atoms with Gasteiger partial charge in [-0.15, -0.1) is 0 Å². The maximum atomic E-state index is 12.9. The number of H-pyrrole nitrogens is 1. The summed E-state index contributed by atoms with van der Waals surface area (Å²) in [4.78, 5) is 51.5. The Morgan fingerprint density at radius 1 is 0.759 bits per heavy atom. The number of nitrogens with zero attached hydrogens (tertiary/aromatic N) is 4. The van der Waals surface area contributed by atoms with Gasteiger partial charge in [-0.3, -0.25) is 19.6 Å².